The number of rotatable bonds is 5. The molecule has 4 rings (SSSR count). The Kier molecular flexibility index (Phi) is 4.23. The van der Waals surface area contributed by atoms with Crippen molar-refractivity contribution in [3.8, 4) is 11.3 Å². The maximum atomic E-state index is 6.27. The van der Waals surface area contributed by atoms with Crippen molar-refractivity contribution in [3.63, 3.8) is 0 Å². The number of nitrogens with two attached hydrogens (primary N) is 2. The Hall–Kier alpha value is -3.04. The van der Waals surface area contributed by atoms with Crippen LogP contribution in [0.4, 0.5) is 11.6 Å². The molecule has 0 aromatic carbocycles. The van der Waals surface area contributed by atoms with Crippen LogP contribution in [0.25, 0.3) is 21.5 Å². The second-order valence-corrected chi connectivity index (χ2v) is 6.65. The van der Waals surface area contributed by atoms with Crippen LogP contribution in [0.1, 0.15) is 12.5 Å². The average Bonchev–Trinajstić information content (AvgIpc) is 3.29. The minimum absolute atomic E-state index is 0.289. The van der Waals surface area contributed by atoms with E-state index >= 15 is 0 Å². The highest BCUT2D eigenvalue weighted by atomic mass is 32.1. The van der Waals surface area contributed by atoms with Gasteiger partial charge in [0.2, 0.25) is 0 Å². The monoisotopic (exact) mass is 366 g/mol. The number of fused-ring (bicyclic) bond motifs is 1. The molecule has 0 radical (unpaired) electrons. The summed E-state index contributed by atoms with van der Waals surface area (Å²) < 4.78 is 1.83. The maximum Gasteiger partial charge on any atom is 0.186 e. The van der Waals surface area contributed by atoms with Crippen LogP contribution in [0.5, 0.6) is 0 Å². The summed E-state index contributed by atoms with van der Waals surface area (Å²) in [6.45, 7) is 3.28. The summed E-state index contributed by atoms with van der Waals surface area (Å²) in [4.78, 5) is 14.2. The van der Waals surface area contributed by atoms with Gasteiger partial charge in [0.25, 0.3) is 0 Å². The van der Waals surface area contributed by atoms with Gasteiger partial charge in [0, 0.05) is 29.9 Å². The van der Waals surface area contributed by atoms with Gasteiger partial charge in [-0.05, 0) is 23.9 Å². The van der Waals surface area contributed by atoms with Crippen LogP contribution in [0.2, 0.25) is 0 Å². The van der Waals surface area contributed by atoms with Gasteiger partial charge in [0.05, 0.1) is 24.6 Å². The van der Waals surface area contributed by atoms with E-state index in [0.29, 0.717) is 18.1 Å². The highest BCUT2D eigenvalue weighted by molar-refractivity contribution is 7.16. The predicted molar refractivity (Wildman–Crippen MR) is 103 cm³/mol. The third-order valence-corrected chi connectivity index (χ3v) is 5.03. The van der Waals surface area contributed by atoms with Crippen LogP contribution >= 0.6 is 11.3 Å². The number of thiophene rings is 1. The lowest BCUT2D eigenvalue weighted by Crippen LogP contribution is -2.32. The Bertz CT molecular complexity index is 1050. The molecule has 132 valence electrons. The highest BCUT2D eigenvalue weighted by Crippen LogP contribution is 2.27. The minimum atomic E-state index is 0.289. The fraction of sp³-hybridized carbons (Fsp3) is 0.176. The van der Waals surface area contributed by atoms with Gasteiger partial charge in [-0.3, -0.25) is 9.69 Å². The quantitative estimate of drug-likeness (QED) is 0.412. The third-order valence-electron chi connectivity index (χ3n) is 4.08. The summed E-state index contributed by atoms with van der Waals surface area (Å²) in [5.41, 5.74) is 8.65. The van der Waals surface area contributed by atoms with E-state index in [4.69, 9.17) is 11.6 Å². The number of anilines is 2. The molecule has 0 unspecified atom stereocenters. The number of pyridine rings is 1. The normalized spacial score (nSPS) is 11.2. The Morgan fingerprint density at radius 2 is 2.15 bits per heavy atom. The van der Waals surface area contributed by atoms with Crippen LogP contribution in [-0.4, -0.2) is 24.7 Å². The van der Waals surface area contributed by atoms with Gasteiger partial charge >= 0.3 is 0 Å². The largest absolute Gasteiger partial charge is 0.381 e. The lowest BCUT2D eigenvalue weighted by Gasteiger charge is -2.19. The van der Waals surface area contributed by atoms with E-state index in [0.717, 1.165) is 27.9 Å². The first-order valence-electron chi connectivity index (χ1n) is 8.14. The molecule has 0 saturated carbocycles. The predicted octanol–water partition coefficient (Wildman–Crippen LogP) is 2.43. The van der Waals surface area contributed by atoms with Gasteiger partial charge in [-0.1, -0.05) is 6.07 Å². The first-order chi connectivity index (χ1) is 12.7. The topological polar surface area (TPSA) is 112 Å². The van der Waals surface area contributed by atoms with E-state index in [1.807, 2.05) is 29.9 Å². The Morgan fingerprint density at radius 1 is 1.27 bits per heavy atom. The molecule has 8 nitrogen and oxygen atoms in total. The Morgan fingerprint density at radius 3 is 2.96 bits per heavy atom. The molecular formula is C17H18N8S. The first kappa shape index (κ1) is 16.4. The summed E-state index contributed by atoms with van der Waals surface area (Å²) in [6, 6.07) is 3.95. The summed E-state index contributed by atoms with van der Waals surface area (Å²) in [5.74, 6) is 7.00. The van der Waals surface area contributed by atoms with Crippen molar-refractivity contribution in [3.05, 3.63) is 47.9 Å². The van der Waals surface area contributed by atoms with E-state index in [-0.39, 0.29) is 5.82 Å². The maximum absolute atomic E-state index is 6.27. The van der Waals surface area contributed by atoms with Gasteiger partial charge in [-0.15, -0.1) is 11.3 Å². The molecule has 4 aromatic heterocycles. The van der Waals surface area contributed by atoms with Crippen LogP contribution in [-0.2, 0) is 13.1 Å². The van der Waals surface area contributed by atoms with Crippen LogP contribution in [0, 0.1) is 0 Å². The van der Waals surface area contributed by atoms with Crippen LogP contribution in [0.15, 0.2) is 42.3 Å². The number of aryl methyl sites for hydroxylation is 1. The number of hydrogen-bond donors (Lipinski definition) is 2. The second kappa shape index (κ2) is 6.70. The lowest BCUT2D eigenvalue weighted by atomic mass is 10.2. The molecule has 4 aromatic rings. The zero-order chi connectivity index (χ0) is 18.1. The molecule has 0 atom stereocenters. The number of hydrazine groups is 1. The summed E-state index contributed by atoms with van der Waals surface area (Å²) in [7, 11) is 0. The summed E-state index contributed by atoms with van der Waals surface area (Å²) in [5, 5.41) is 8.92. The van der Waals surface area contributed by atoms with Gasteiger partial charge in [0.1, 0.15) is 4.83 Å². The number of hydrogen-bond acceptors (Lipinski definition) is 8. The standard InChI is InChI=1S/C17H18N8S/c1-2-24-8-11(6-22-24)14-7-21-15(18)16(23-14)25(19)9-12-10-26-17-13(12)4-3-5-20-17/h3-8,10H,2,9,19H2,1H3,(H2,18,21). The minimum Gasteiger partial charge on any atom is -0.381 e. The molecule has 0 saturated heterocycles. The molecule has 0 aliphatic carbocycles. The molecule has 4 heterocycles. The van der Waals surface area contributed by atoms with E-state index in [1.54, 1.807) is 29.9 Å². The van der Waals surface area contributed by atoms with Crippen molar-refractivity contribution in [2.45, 2.75) is 20.0 Å². The average molecular weight is 366 g/mol. The zero-order valence-electron chi connectivity index (χ0n) is 14.2. The van der Waals surface area contributed by atoms with Crippen molar-refractivity contribution in [2.24, 2.45) is 5.84 Å². The van der Waals surface area contributed by atoms with Gasteiger partial charge in [-0.25, -0.2) is 20.8 Å². The number of nitrogens with zero attached hydrogens (tertiary/aromatic N) is 6. The smallest absolute Gasteiger partial charge is 0.186 e. The first-order valence-corrected chi connectivity index (χ1v) is 9.02. The molecule has 4 N–H and O–H groups in total. The Balaban J connectivity index is 1.64. The lowest BCUT2D eigenvalue weighted by molar-refractivity contribution is 0.660. The second-order valence-electron chi connectivity index (χ2n) is 5.79. The molecule has 0 spiro atoms. The van der Waals surface area contributed by atoms with Crippen molar-refractivity contribution >= 4 is 33.2 Å². The SMILES string of the molecule is CCn1cc(-c2cnc(N)c(N(N)Cc3csc4ncccc34)n2)cn1. The van der Waals surface area contributed by atoms with Crippen molar-refractivity contribution < 1.29 is 0 Å². The third kappa shape index (κ3) is 2.98. The molecule has 26 heavy (non-hydrogen) atoms. The number of nitrogen functional groups attached to an aromatic ring is 1. The Labute approximate surface area is 154 Å². The fourth-order valence-corrected chi connectivity index (χ4v) is 3.61. The molecule has 0 bridgehead atoms. The van der Waals surface area contributed by atoms with Crippen LogP contribution < -0.4 is 16.6 Å². The summed E-state index contributed by atoms with van der Waals surface area (Å²) in [6.07, 6.45) is 7.09. The van der Waals surface area contributed by atoms with Gasteiger partial charge < -0.3 is 5.73 Å². The van der Waals surface area contributed by atoms with Crippen LogP contribution in [0.3, 0.4) is 0 Å². The molecule has 9 heteroatoms. The molecule has 0 amide bonds. The highest BCUT2D eigenvalue weighted by Gasteiger charge is 2.15. The van der Waals surface area contributed by atoms with Gasteiger partial charge in [0.15, 0.2) is 11.6 Å². The number of aromatic nitrogens is 5. The van der Waals surface area contributed by atoms with Crippen molar-refractivity contribution in [1.29, 1.82) is 0 Å². The van der Waals surface area contributed by atoms with Crippen molar-refractivity contribution in [1.82, 2.24) is 24.7 Å². The van der Waals surface area contributed by atoms with Gasteiger partial charge in [-0.2, -0.15) is 5.10 Å². The zero-order valence-corrected chi connectivity index (χ0v) is 15.0. The molecule has 0 fully saturated rings. The molecule has 0 aliphatic heterocycles. The van der Waals surface area contributed by atoms with E-state index < -0.39 is 0 Å². The van der Waals surface area contributed by atoms with E-state index in [2.05, 4.69) is 25.4 Å². The van der Waals surface area contributed by atoms with Crippen molar-refractivity contribution in [2.75, 3.05) is 10.7 Å². The van der Waals surface area contributed by atoms with E-state index in [9.17, 15) is 0 Å². The van der Waals surface area contributed by atoms with E-state index in [1.165, 1.54) is 5.01 Å². The molecular weight excluding hydrogens is 348 g/mol. The molecule has 0 aliphatic rings. The fourth-order valence-electron chi connectivity index (χ4n) is 2.71. The summed E-state index contributed by atoms with van der Waals surface area (Å²) >= 11 is 1.59.